The van der Waals surface area contributed by atoms with Crippen LogP contribution in [0.3, 0.4) is 0 Å². The lowest BCUT2D eigenvalue weighted by molar-refractivity contribution is -0.144. The Kier molecular flexibility index (Phi) is 6.18. The van der Waals surface area contributed by atoms with E-state index in [-0.39, 0.29) is 10.6 Å². The van der Waals surface area contributed by atoms with Crippen LogP contribution in [0, 0.1) is 5.82 Å². The summed E-state index contributed by atoms with van der Waals surface area (Å²) in [6.07, 6.45) is 4.16. The molecule has 11 heteroatoms. The predicted molar refractivity (Wildman–Crippen MR) is 110 cm³/mol. The van der Waals surface area contributed by atoms with E-state index in [1.165, 1.54) is 18.5 Å². The van der Waals surface area contributed by atoms with Gasteiger partial charge in [0.15, 0.2) is 0 Å². The molecule has 6 N–H and O–H groups in total. The number of carboxylic acid groups (broad SMARTS) is 1. The van der Waals surface area contributed by atoms with Crippen molar-refractivity contribution in [2.45, 2.75) is 18.4 Å². The predicted octanol–water partition coefficient (Wildman–Crippen LogP) is 1.92. The molecule has 158 valence electrons. The number of H-pyrrole nitrogens is 1. The molecule has 1 aliphatic heterocycles. The van der Waals surface area contributed by atoms with E-state index in [1.807, 2.05) is 12.3 Å². The zero-order valence-corrected chi connectivity index (χ0v) is 16.6. The second-order valence-electron chi connectivity index (χ2n) is 6.87. The van der Waals surface area contributed by atoms with Gasteiger partial charge in [-0.25, -0.2) is 14.4 Å². The van der Waals surface area contributed by atoms with E-state index in [1.54, 1.807) is 0 Å². The van der Waals surface area contributed by atoms with Gasteiger partial charge < -0.3 is 26.5 Å². The number of halogens is 2. The summed E-state index contributed by atoms with van der Waals surface area (Å²) < 4.78 is 12.7. The van der Waals surface area contributed by atoms with Crippen LogP contribution in [0.5, 0.6) is 0 Å². The van der Waals surface area contributed by atoms with E-state index in [0.29, 0.717) is 25.9 Å². The van der Waals surface area contributed by atoms with Gasteiger partial charge in [-0.2, -0.15) is 0 Å². The topological polar surface area (TPSA) is 151 Å². The van der Waals surface area contributed by atoms with Crippen molar-refractivity contribution in [1.82, 2.24) is 15.0 Å². The molecule has 4 rings (SSSR count). The molecule has 0 atom stereocenters. The highest BCUT2D eigenvalue weighted by molar-refractivity contribution is 6.30. The van der Waals surface area contributed by atoms with Crippen LogP contribution in [-0.2, 0) is 4.79 Å². The number of carboxylic acids is 1. The van der Waals surface area contributed by atoms with Crippen molar-refractivity contribution in [2.24, 2.45) is 11.5 Å². The number of piperidine rings is 1. The summed E-state index contributed by atoms with van der Waals surface area (Å²) in [4.78, 5) is 35.1. The number of aliphatic carboxylic acids is 1. The number of hydrogen-bond donors (Lipinski definition) is 4. The summed E-state index contributed by atoms with van der Waals surface area (Å²) >= 11 is 5.43. The summed E-state index contributed by atoms with van der Waals surface area (Å²) in [6.45, 7) is 1.17. The highest BCUT2D eigenvalue weighted by atomic mass is 35.5. The number of carbonyl (C=O) groups is 2. The van der Waals surface area contributed by atoms with Crippen molar-refractivity contribution in [2.75, 3.05) is 18.0 Å². The Morgan fingerprint density at radius 3 is 2.53 bits per heavy atom. The molecule has 0 radical (unpaired) electrons. The summed E-state index contributed by atoms with van der Waals surface area (Å²) in [5.74, 6) is -1.58. The summed E-state index contributed by atoms with van der Waals surface area (Å²) in [6, 6.07) is 5.62. The van der Waals surface area contributed by atoms with Crippen LogP contribution in [0.15, 0.2) is 36.8 Å². The molecule has 0 spiro atoms. The monoisotopic (exact) mass is 434 g/mol. The lowest BCUT2D eigenvalue weighted by Gasteiger charge is -2.36. The molecule has 1 saturated heterocycles. The zero-order valence-electron chi connectivity index (χ0n) is 15.8. The lowest BCUT2D eigenvalue weighted by Crippen LogP contribution is -2.55. The molecule has 1 fully saturated rings. The maximum Gasteiger partial charge on any atom is 0.323 e. The summed E-state index contributed by atoms with van der Waals surface area (Å²) in [5.41, 5.74) is 10.2. The van der Waals surface area contributed by atoms with Gasteiger partial charge in [0.2, 0.25) is 0 Å². The first-order valence-electron chi connectivity index (χ1n) is 9.01. The number of fused-ring (bicyclic) bond motifs is 1. The molecule has 3 aromatic rings. The fraction of sp³-hybridized carbons (Fsp3) is 0.263. The molecular formula is C19H20ClFN6O3. The van der Waals surface area contributed by atoms with Crippen molar-refractivity contribution >= 4 is 40.3 Å². The Morgan fingerprint density at radius 2 is 1.93 bits per heavy atom. The van der Waals surface area contributed by atoms with E-state index in [0.717, 1.165) is 22.9 Å². The third-order valence-corrected chi connectivity index (χ3v) is 5.15. The van der Waals surface area contributed by atoms with Gasteiger partial charge in [0.05, 0.1) is 10.9 Å². The lowest BCUT2D eigenvalue weighted by atomic mass is 9.89. The Labute approximate surface area is 175 Å². The minimum absolute atomic E-state index is 0.144. The number of carbonyl (C=O) groups excluding carboxylic acids is 1. The molecule has 1 amide bonds. The normalized spacial score (nSPS) is 15.4. The van der Waals surface area contributed by atoms with Gasteiger partial charge in [-0.3, -0.25) is 9.59 Å². The average molecular weight is 435 g/mol. The standard InChI is InChI=1S/C12H15N5O2.C7H5ClFNO/c13-12(11(18)19)2-5-17(6-3-12)10-8-1-4-14-9(8)15-7-16-10;8-4-1-2-5(7(10)11)6(9)3-4/h1,4,7H,2-3,5-6,13H2,(H,18,19)(H,14,15,16);1-3H,(H2,10,11). The van der Waals surface area contributed by atoms with Crippen LogP contribution < -0.4 is 16.4 Å². The number of nitrogens with two attached hydrogens (primary N) is 2. The average Bonchev–Trinajstić information content (AvgIpc) is 3.17. The zero-order chi connectivity index (χ0) is 21.9. The van der Waals surface area contributed by atoms with Crippen LogP contribution in [0.2, 0.25) is 5.02 Å². The van der Waals surface area contributed by atoms with Gasteiger partial charge in [-0.15, -0.1) is 0 Å². The fourth-order valence-electron chi connectivity index (χ4n) is 3.13. The van der Waals surface area contributed by atoms with Crippen LogP contribution in [-0.4, -0.2) is 50.6 Å². The van der Waals surface area contributed by atoms with Crippen molar-refractivity contribution in [1.29, 1.82) is 0 Å². The molecular weight excluding hydrogens is 415 g/mol. The number of anilines is 1. The number of hydrogen-bond acceptors (Lipinski definition) is 6. The number of amides is 1. The van der Waals surface area contributed by atoms with Crippen LogP contribution in [0.25, 0.3) is 11.0 Å². The molecule has 30 heavy (non-hydrogen) atoms. The number of primary amides is 1. The Morgan fingerprint density at radius 1 is 1.23 bits per heavy atom. The highest BCUT2D eigenvalue weighted by Crippen LogP contribution is 2.27. The number of rotatable bonds is 3. The molecule has 9 nitrogen and oxygen atoms in total. The number of benzene rings is 1. The summed E-state index contributed by atoms with van der Waals surface area (Å²) in [7, 11) is 0. The molecule has 0 bridgehead atoms. The van der Waals surface area contributed by atoms with Gasteiger partial charge in [0.1, 0.15) is 29.1 Å². The molecule has 0 saturated carbocycles. The Bertz CT molecular complexity index is 1080. The van der Waals surface area contributed by atoms with Gasteiger partial charge in [-0.05, 0) is 37.1 Å². The van der Waals surface area contributed by atoms with E-state index < -0.39 is 23.2 Å². The molecule has 0 aliphatic carbocycles. The van der Waals surface area contributed by atoms with Crippen LogP contribution in [0.1, 0.15) is 23.2 Å². The SMILES string of the molecule is NC(=O)c1ccc(Cl)cc1F.NC1(C(=O)O)CCN(c2ncnc3[nH]ccc23)CC1. The maximum absolute atomic E-state index is 12.7. The minimum atomic E-state index is -1.11. The number of aromatic nitrogens is 3. The fourth-order valence-corrected chi connectivity index (χ4v) is 3.29. The molecule has 2 aromatic heterocycles. The Balaban J connectivity index is 0.000000199. The first kappa shape index (κ1) is 21.5. The minimum Gasteiger partial charge on any atom is -0.480 e. The highest BCUT2D eigenvalue weighted by Gasteiger charge is 2.38. The van der Waals surface area contributed by atoms with E-state index in [4.69, 9.17) is 28.2 Å². The summed E-state index contributed by atoms with van der Waals surface area (Å²) in [5, 5.41) is 10.3. The van der Waals surface area contributed by atoms with Crippen molar-refractivity contribution < 1.29 is 19.1 Å². The third-order valence-electron chi connectivity index (χ3n) is 4.91. The maximum atomic E-state index is 12.7. The quantitative estimate of drug-likeness (QED) is 0.491. The van der Waals surface area contributed by atoms with Crippen LogP contribution in [0.4, 0.5) is 10.2 Å². The van der Waals surface area contributed by atoms with Gasteiger partial charge in [-0.1, -0.05) is 11.6 Å². The second-order valence-corrected chi connectivity index (χ2v) is 7.31. The Hall–Kier alpha value is -3.24. The molecule has 3 heterocycles. The largest absolute Gasteiger partial charge is 0.480 e. The molecule has 1 aliphatic rings. The van der Waals surface area contributed by atoms with Crippen LogP contribution >= 0.6 is 11.6 Å². The van der Waals surface area contributed by atoms with Gasteiger partial charge in [0.25, 0.3) is 5.91 Å². The smallest absolute Gasteiger partial charge is 0.323 e. The van der Waals surface area contributed by atoms with E-state index in [9.17, 15) is 14.0 Å². The number of aromatic amines is 1. The molecule has 0 unspecified atom stereocenters. The third kappa shape index (κ3) is 4.50. The van der Waals surface area contributed by atoms with E-state index in [2.05, 4.69) is 19.9 Å². The first-order chi connectivity index (χ1) is 14.2. The van der Waals surface area contributed by atoms with Crippen molar-refractivity contribution in [3.8, 4) is 0 Å². The number of nitrogens with one attached hydrogen (secondary N) is 1. The van der Waals surface area contributed by atoms with Crippen molar-refractivity contribution in [3.05, 3.63) is 53.2 Å². The second kappa shape index (κ2) is 8.64. The first-order valence-corrected chi connectivity index (χ1v) is 9.39. The van der Waals surface area contributed by atoms with Gasteiger partial charge >= 0.3 is 5.97 Å². The van der Waals surface area contributed by atoms with Gasteiger partial charge in [0, 0.05) is 24.3 Å². The van der Waals surface area contributed by atoms with E-state index >= 15 is 0 Å². The van der Waals surface area contributed by atoms with Crippen molar-refractivity contribution in [3.63, 3.8) is 0 Å². The molecule has 1 aromatic carbocycles. The number of nitrogens with zero attached hydrogens (tertiary/aromatic N) is 3.